The van der Waals surface area contributed by atoms with Crippen LogP contribution < -0.4 is 5.32 Å². The maximum atomic E-state index is 12.5. The van der Waals surface area contributed by atoms with Crippen LogP contribution in [-0.2, 0) is 14.3 Å². The van der Waals surface area contributed by atoms with Crippen molar-refractivity contribution in [2.24, 2.45) is 10.9 Å². The Kier molecular flexibility index (Phi) is 11.3. The van der Waals surface area contributed by atoms with Crippen LogP contribution in [0.2, 0.25) is 0 Å². The molecule has 0 aromatic rings. The monoisotopic (exact) mass is 553 g/mol. The van der Waals surface area contributed by atoms with Crippen LogP contribution in [0.5, 0.6) is 0 Å². The Morgan fingerprint density at radius 3 is 2.35 bits per heavy atom. The number of carbonyl (C=O) groups is 2. The molecule has 2 fully saturated rings. The van der Waals surface area contributed by atoms with Gasteiger partial charge in [0.2, 0.25) is 0 Å². The molecule has 0 spiro atoms. The molecule has 10 heteroatoms. The van der Waals surface area contributed by atoms with Crippen LogP contribution in [0.3, 0.4) is 0 Å². The van der Waals surface area contributed by atoms with Crippen molar-refractivity contribution in [1.82, 2.24) is 20.0 Å². The minimum Gasteiger partial charge on any atom is -0.444 e. The van der Waals surface area contributed by atoms with Gasteiger partial charge in [0.1, 0.15) is 11.7 Å². The first-order valence-corrected chi connectivity index (χ1v) is 10.9. The molecule has 2 unspecified atom stereocenters. The molecule has 31 heavy (non-hydrogen) atoms. The van der Waals surface area contributed by atoms with Gasteiger partial charge in [0.25, 0.3) is 5.91 Å². The highest BCUT2D eigenvalue weighted by atomic mass is 127. The van der Waals surface area contributed by atoms with E-state index in [1.807, 2.05) is 25.7 Å². The van der Waals surface area contributed by atoms with E-state index in [1.165, 1.54) is 0 Å². The van der Waals surface area contributed by atoms with E-state index in [0.717, 1.165) is 31.9 Å². The number of aliphatic imine (C=N–C) groups is 1. The lowest BCUT2D eigenvalue weighted by molar-refractivity contribution is -0.142. The van der Waals surface area contributed by atoms with Gasteiger partial charge in [0, 0.05) is 60.0 Å². The Morgan fingerprint density at radius 1 is 1.23 bits per heavy atom. The minimum atomic E-state index is -0.498. The number of ether oxygens (including phenoxy) is 2. The normalized spacial score (nSPS) is 20.7. The van der Waals surface area contributed by atoms with E-state index in [0.29, 0.717) is 32.8 Å². The second-order valence-electron chi connectivity index (χ2n) is 9.21. The molecular weight excluding hydrogens is 513 g/mol. The Hall–Kier alpha value is -1.30. The summed E-state index contributed by atoms with van der Waals surface area (Å²) in [5.74, 6) is 1.17. The first kappa shape index (κ1) is 27.7. The third-order valence-corrected chi connectivity index (χ3v) is 5.21. The van der Waals surface area contributed by atoms with Gasteiger partial charge in [0.05, 0.1) is 0 Å². The summed E-state index contributed by atoms with van der Waals surface area (Å²) in [5, 5.41) is 3.40. The minimum absolute atomic E-state index is 0. The van der Waals surface area contributed by atoms with Gasteiger partial charge in [-0.1, -0.05) is 6.92 Å². The molecule has 2 amide bonds. The average molecular weight is 553 g/mol. The van der Waals surface area contributed by atoms with E-state index < -0.39 is 5.60 Å². The topological polar surface area (TPSA) is 86.7 Å². The van der Waals surface area contributed by atoms with Crippen LogP contribution in [0.4, 0.5) is 4.79 Å². The van der Waals surface area contributed by atoms with Gasteiger partial charge in [-0.05, 0) is 39.5 Å². The van der Waals surface area contributed by atoms with Crippen LogP contribution in [0.1, 0.15) is 40.5 Å². The molecule has 1 N–H and O–H groups in total. The third kappa shape index (κ3) is 8.99. The summed E-state index contributed by atoms with van der Waals surface area (Å²) < 4.78 is 10.9. The lowest BCUT2D eigenvalue weighted by Crippen LogP contribution is -2.55. The van der Waals surface area contributed by atoms with Crippen molar-refractivity contribution in [3.8, 4) is 0 Å². The highest BCUT2D eigenvalue weighted by Crippen LogP contribution is 2.16. The highest BCUT2D eigenvalue weighted by Gasteiger charge is 2.31. The van der Waals surface area contributed by atoms with E-state index in [4.69, 9.17) is 9.47 Å². The molecule has 2 rings (SSSR count). The Balaban J connectivity index is 0.00000480. The standard InChI is InChI=1S/C21H39N5O4.HI/c1-16(15-24(6)20(28)30-21(2,3)4)14-23-19(22-5)26-11-9-25(10-12-26)18(27)17-8-7-13-29-17;/h16-17H,7-15H2,1-6H3,(H,22,23);1H. The molecule has 0 aromatic heterocycles. The molecule has 0 bridgehead atoms. The predicted octanol–water partition coefficient (Wildman–Crippen LogP) is 2.01. The van der Waals surface area contributed by atoms with Crippen LogP contribution in [0, 0.1) is 5.92 Å². The Labute approximate surface area is 203 Å². The van der Waals surface area contributed by atoms with Crippen molar-refractivity contribution in [3.63, 3.8) is 0 Å². The lowest BCUT2D eigenvalue weighted by Gasteiger charge is -2.37. The van der Waals surface area contributed by atoms with E-state index in [1.54, 1.807) is 19.0 Å². The van der Waals surface area contributed by atoms with Gasteiger partial charge >= 0.3 is 6.09 Å². The van der Waals surface area contributed by atoms with Crippen LogP contribution in [0.15, 0.2) is 4.99 Å². The lowest BCUT2D eigenvalue weighted by atomic mass is 10.1. The van der Waals surface area contributed by atoms with Gasteiger partial charge in [-0.15, -0.1) is 24.0 Å². The van der Waals surface area contributed by atoms with E-state index in [2.05, 4.69) is 22.1 Å². The number of halogens is 1. The average Bonchev–Trinajstić information content (AvgIpc) is 3.21. The van der Waals surface area contributed by atoms with E-state index >= 15 is 0 Å². The van der Waals surface area contributed by atoms with Crippen molar-refractivity contribution >= 4 is 41.9 Å². The molecule has 0 radical (unpaired) electrons. The number of nitrogens with one attached hydrogen (secondary N) is 1. The van der Waals surface area contributed by atoms with Crippen molar-refractivity contribution in [2.75, 3.05) is 60.0 Å². The molecule has 2 atom stereocenters. The zero-order chi connectivity index (χ0) is 22.3. The summed E-state index contributed by atoms with van der Waals surface area (Å²) in [6, 6.07) is 0. The van der Waals surface area contributed by atoms with Crippen LogP contribution in [0.25, 0.3) is 0 Å². The highest BCUT2D eigenvalue weighted by molar-refractivity contribution is 14.0. The SMILES string of the molecule is CN=C(NCC(C)CN(C)C(=O)OC(C)(C)C)N1CCN(C(=O)C2CCCO2)CC1.I. The van der Waals surface area contributed by atoms with Gasteiger partial charge in [-0.3, -0.25) is 9.79 Å². The van der Waals surface area contributed by atoms with E-state index in [-0.39, 0.29) is 48.0 Å². The Bertz CT molecular complexity index is 611. The van der Waals surface area contributed by atoms with E-state index in [9.17, 15) is 9.59 Å². The molecule has 9 nitrogen and oxygen atoms in total. The molecule has 2 saturated heterocycles. The van der Waals surface area contributed by atoms with Crippen molar-refractivity contribution < 1.29 is 19.1 Å². The first-order valence-electron chi connectivity index (χ1n) is 10.9. The number of nitrogens with zero attached hydrogens (tertiary/aromatic N) is 4. The number of rotatable bonds is 5. The fourth-order valence-corrected chi connectivity index (χ4v) is 3.66. The molecule has 0 aromatic carbocycles. The van der Waals surface area contributed by atoms with Gasteiger partial charge in [0.15, 0.2) is 5.96 Å². The Morgan fingerprint density at radius 2 is 1.84 bits per heavy atom. The number of amides is 2. The quantitative estimate of drug-likeness (QED) is 0.319. The second-order valence-corrected chi connectivity index (χ2v) is 9.21. The smallest absolute Gasteiger partial charge is 0.410 e. The van der Waals surface area contributed by atoms with Crippen LogP contribution >= 0.6 is 24.0 Å². The first-order chi connectivity index (χ1) is 14.1. The molecular formula is C21H40IN5O4. The van der Waals surface area contributed by atoms with Crippen molar-refractivity contribution in [2.45, 2.75) is 52.2 Å². The molecule has 0 aliphatic carbocycles. The fraction of sp³-hybridized carbons (Fsp3) is 0.857. The number of hydrogen-bond donors (Lipinski definition) is 1. The molecule has 0 saturated carbocycles. The predicted molar refractivity (Wildman–Crippen MR) is 132 cm³/mol. The number of carbonyl (C=O) groups excluding carboxylic acids is 2. The van der Waals surface area contributed by atoms with Gasteiger partial charge in [-0.25, -0.2) is 4.79 Å². The fourth-order valence-electron chi connectivity index (χ4n) is 3.66. The summed E-state index contributed by atoms with van der Waals surface area (Å²) in [5.41, 5.74) is -0.498. The number of hydrogen-bond acceptors (Lipinski definition) is 5. The van der Waals surface area contributed by atoms with Crippen molar-refractivity contribution in [3.05, 3.63) is 0 Å². The van der Waals surface area contributed by atoms with Crippen molar-refractivity contribution in [1.29, 1.82) is 0 Å². The largest absolute Gasteiger partial charge is 0.444 e. The molecule has 2 aliphatic rings. The molecule has 2 aliphatic heterocycles. The summed E-state index contributed by atoms with van der Waals surface area (Å²) in [7, 11) is 3.52. The molecule has 180 valence electrons. The number of guanidine groups is 1. The summed E-state index contributed by atoms with van der Waals surface area (Å²) in [6.07, 6.45) is 1.23. The molecule has 2 heterocycles. The maximum Gasteiger partial charge on any atom is 0.410 e. The zero-order valence-corrected chi connectivity index (χ0v) is 22.2. The number of piperazine rings is 1. The van der Waals surface area contributed by atoms with Crippen LogP contribution in [-0.4, -0.2) is 104 Å². The van der Waals surface area contributed by atoms with Gasteiger partial charge in [-0.2, -0.15) is 0 Å². The summed E-state index contributed by atoms with van der Waals surface area (Å²) >= 11 is 0. The summed E-state index contributed by atoms with van der Waals surface area (Å²) in [4.78, 5) is 34.7. The zero-order valence-electron chi connectivity index (χ0n) is 19.8. The third-order valence-electron chi connectivity index (χ3n) is 5.21. The second kappa shape index (κ2) is 12.7. The van der Waals surface area contributed by atoms with Gasteiger partial charge < -0.3 is 29.5 Å². The summed E-state index contributed by atoms with van der Waals surface area (Å²) in [6.45, 7) is 12.5. The maximum absolute atomic E-state index is 12.5.